The molecule has 0 aliphatic heterocycles. The Bertz CT molecular complexity index is 806. The number of carbonyl (C=O) groups excluding carboxylic acids is 2. The first-order chi connectivity index (χ1) is 11.9. The number of anilines is 2. The van der Waals surface area contributed by atoms with E-state index in [0.717, 1.165) is 5.56 Å². The van der Waals surface area contributed by atoms with Gasteiger partial charge in [0.25, 0.3) is 5.91 Å². The Hall–Kier alpha value is -2.80. The van der Waals surface area contributed by atoms with E-state index < -0.39 is 11.7 Å². The van der Waals surface area contributed by atoms with Crippen molar-refractivity contribution >= 4 is 40.5 Å². The zero-order chi connectivity index (χ0) is 18.4. The molecule has 0 saturated heterocycles. The molecule has 130 valence electrons. The number of halogens is 1. The van der Waals surface area contributed by atoms with E-state index in [2.05, 4.69) is 16.0 Å². The smallest absolute Gasteiger partial charge is 0.257 e. The van der Waals surface area contributed by atoms with Gasteiger partial charge in [-0.1, -0.05) is 13.0 Å². The van der Waals surface area contributed by atoms with E-state index in [1.165, 1.54) is 24.3 Å². The van der Waals surface area contributed by atoms with E-state index in [0.29, 0.717) is 23.4 Å². The van der Waals surface area contributed by atoms with Crippen molar-refractivity contribution in [1.29, 1.82) is 0 Å². The van der Waals surface area contributed by atoms with Crippen LogP contribution in [0.15, 0.2) is 42.5 Å². The molecular weight excluding hydrogens is 341 g/mol. The van der Waals surface area contributed by atoms with Crippen LogP contribution in [0.2, 0.25) is 0 Å². The maximum Gasteiger partial charge on any atom is 0.257 e. The fraction of sp³-hybridized carbons (Fsp3) is 0.167. The van der Waals surface area contributed by atoms with Gasteiger partial charge in [0, 0.05) is 23.4 Å². The average Bonchev–Trinajstić information content (AvgIpc) is 2.58. The van der Waals surface area contributed by atoms with Gasteiger partial charge in [-0.05, 0) is 61.1 Å². The van der Waals surface area contributed by atoms with Gasteiger partial charge in [0.1, 0.15) is 5.82 Å². The summed E-state index contributed by atoms with van der Waals surface area (Å²) in [7, 11) is 0. The molecule has 0 spiro atoms. The van der Waals surface area contributed by atoms with Gasteiger partial charge < -0.3 is 10.6 Å². The first-order valence-electron chi connectivity index (χ1n) is 7.68. The third kappa shape index (κ3) is 5.09. The minimum Gasteiger partial charge on any atom is -0.332 e. The second kappa shape index (κ2) is 8.34. The lowest BCUT2D eigenvalue weighted by atomic mass is 10.1. The Morgan fingerprint density at radius 3 is 2.24 bits per heavy atom. The van der Waals surface area contributed by atoms with E-state index >= 15 is 0 Å². The average molecular weight is 359 g/mol. The fourth-order valence-electron chi connectivity index (χ4n) is 2.08. The minimum atomic E-state index is -0.439. The molecule has 0 aromatic heterocycles. The molecule has 0 bridgehead atoms. The molecule has 0 saturated carbocycles. The molecule has 0 aliphatic rings. The lowest BCUT2D eigenvalue weighted by Gasteiger charge is -2.15. The van der Waals surface area contributed by atoms with Crippen molar-refractivity contribution in [3.63, 3.8) is 0 Å². The number of carbonyl (C=O) groups is 2. The van der Waals surface area contributed by atoms with E-state index in [4.69, 9.17) is 12.2 Å². The first kappa shape index (κ1) is 18.5. The van der Waals surface area contributed by atoms with Crippen LogP contribution in [0.4, 0.5) is 15.8 Å². The largest absolute Gasteiger partial charge is 0.332 e. The molecule has 25 heavy (non-hydrogen) atoms. The van der Waals surface area contributed by atoms with Crippen LogP contribution in [-0.2, 0) is 4.79 Å². The van der Waals surface area contributed by atoms with Crippen molar-refractivity contribution in [2.75, 3.05) is 10.6 Å². The maximum atomic E-state index is 12.9. The maximum absolute atomic E-state index is 12.9. The van der Waals surface area contributed by atoms with Crippen molar-refractivity contribution in [2.24, 2.45) is 0 Å². The second-order valence-electron chi connectivity index (χ2n) is 5.30. The molecule has 3 N–H and O–H groups in total. The molecule has 7 heteroatoms. The Morgan fingerprint density at radius 2 is 1.64 bits per heavy atom. The lowest BCUT2D eigenvalue weighted by Crippen LogP contribution is -2.34. The third-order valence-corrected chi connectivity index (χ3v) is 3.71. The summed E-state index contributed by atoms with van der Waals surface area (Å²) < 4.78 is 12.9. The van der Waals surface area contributed by atoms with Crippen LogP contribution in [-0.4, -0.2) is 16.9 Å². The predicted molar refractivity (Wildman–Crippen MR) is 100 cm³/mol. The van der Waals surface area contributed by atoms with Gasteiger partial charge in [-0.2, -0.15) is 0 Å². The van der Waals surface area contributed by atoms with E-state index in [1.807, 2.05) is 6.92 Å². The third-order valence-electron chi connectivity index (χ3n) is 3.51. The molecule has 2 aromatic carbocycles. The number of thiocarbonyl (C=S) groups is 1. The highest BCUT2D eigenvalue weighted by atomic mass is 32.1. The number of benzene rings is 2. The first-order valence-corrected chi connectivity index (χ1v) is 8.09. The summed E-state index contributed by atoms with van der Waals surface area (Å²) in [6, 6.07) is 10.5. The van der Waals surface area contributed by atoms with Crippen molar-refractivity contribution in [3.05, 3.63) is 59.4 Å². The van der Waals surface area contributed by atoms with Gasteiger partial charge in [-0.25, -0.2) is 4.39 Å². The number of hydrogen-bond acceptors (Lipinski definition) is 3. The van der Waals surface area contributed by atoms with Crippen LogP contribution in [0, 0.1) is 12.7 Å². The number of rotatable bonds is 4. The molecule has 5 nitrogen and oxygen atoms in total. The minimum absolute atomic E-state index is 0.0903. The monoisotopic (exact) mass is 359 g/mol. The van der Waals surface area contributed by atoms with Crippen LogP contribution in [0.5, 0.6) is 0 Å². The van der Waals surface area contributed by atoms with E-state index in [1.54, 1.807) is 25.1 Å². The van der Waals surface area contributed by atoms with E-state index in [-0.39, 0.29) is 11.0 Å². The summed E-state index contributed by atoms with van der Waals surface area (Å²) in [5.74, 6) is -0.947. The van der Waals surface area contributed by atoms with Crippen molar-refractivity contribution in [2.45, 2.75) is 20.3 Å². The molecule has 2 aromatic rings. The molecular formula is C18H18FN3O2S. The standard InChI is InChI=1S/C18H18FN3O2S/c1-3-16(23)20-14-5-4-6-15(11(14)2)21-18(25)22-17(24)12-7-9-13(19)10-8-12/h4-10H,3H2,1-2H3,(H,20,23)(H2,21,22,24,25). The van der Waals surface area contributed by atoms with Crippen molar-refractivity contribution in [3.8, 4) is 0 Å². The van der Waals surface area contributed by atoms with Gasteiger partial charge in [-0.15, -0.1) is 0 Å². The summed E-state index contributed by atoms with van der Waals surface area (Å²) >= 11 is 5.15. The van der Waals surface area contributed by atoms with Gasteiger partial charge in [-0.3, -0.25) is 14.9 Å². The zero-order valence-electron chi connectivity index (χ0n) is 13.9. The van der Waals surface area contributed by atoms with Crippen LogP contribution < -0.4 is 16.0 Å². The Balaban J connectivity index is 2.05. The number of nitrogens with one attached hydrogen (secondary N) is 3. The Labute approximate surface area is 150 Å². The fourth-order valence-corrected chi connectivity index (χ4v) is 2.28. The van der Waals surface area contributed by atoms with Crippen molar-refractivity contribution in [1.82, 2.24) is 5.32 Å². The van der Waals surface area contributed by atoms with Crippen LogP contribution in [0.1, 0.15) is 29.3 Å². The second-order valence-corrected chi connectivity index (χ2v) is 5.70. The normalized spacial score (nSPS) is 10.0. The highest BCUT2D eigenvalue weighted by molar-refractivity contribution is 7.80. The lowest BCUT2D eigenvalue weighted by molar-refractivity contribution is -0.115. The predicted octanol–water partition coefficient (Wildman–Crippen LogP) is 3.61. The zero-order valence-corrected chi connectivity index (χ0v) is 14.7. The number of amides is 2. The van der Waals surface area contributed by atoms with Gasteiger partial charge >= 0.3 is 0 Å². The van der Waals surface area contributed by atoms with Crippen LogP contribution in [0.25, 0.3) is 0 Å². The highest BCUT2D eigenvalue weighted by Gasteiger charge is 2.11. The van der Waals surface area contributed by atoms with Gasteiger partial charge in [0.05, 0.1) is 0 Å². The molecule has 0 heterocycles. The molecule has 0 atom stereocenters. The summed E-state index contributed by atoms with van der Waals surface area (Å²) in [4.78, 5) is 23.6. The topological polar surface area (TPSA) is 70.2 Å². The van der Waals surface area contributed by atoms with E-state index in [9.17, 15) is 14.0 Å². The number of hydrogen-bond donors (Lipinski definition) is 3. The van der Waals surface area contributed by atoms with Gasteiger partial charge in [0.2, 0.25) is 5.91 Å². The molecule has 0 fully saturated rings. The summed E-state index contributed by atoms with van der Waals surface area (Å²) in [5, 5.41) is 8.37. The molecule has 0 unspecified atom stereocenters. The molecule has 2 rings (SSSR count). The summed E-state index contributed by atoms with van der Waals surface area (Å²) in [6.45, 7) is 3.60. The molecule has 0 radical (unpaired) electrons. The Morgan fingerprint density at radius 1 is 1.04 bits per heavy atom. The van der Waals surface area contributed by atoms with Gasteiger partial charge in [0.15, 0.2) is 5.11 Å². The molecule has 2 amide bonds. The summed E-state index contributed by atoms with van der Waals surface area (Å²) in [6.07, 6.45) is 0.378. The van der Waals surface area contributed by atoms with Crippen LogP contribution in [0.3, 0.4) is 0 Å². The highest BCUT2D eigenvalue weighted by Crippen LogP contribution is 2.23. The SMILES string of the molecule is CCC(=O)Nc1cccc(NC(=S)NC(=O)c2ccc(F)cc2)c1C. The Kier molecular flexibility index (Phi) is 6.19. The van der Waals surface area contributed by atoms with Crippen LogP contribution >= 0.6 is 12.2 Å². The molecule has 0 aliphatic carbocycles. The summed E-state index contributed by atoms with van der Waals surface area (Å²) in [5.41, 5.74) is 2.43. The quantitative estimate of drug-likeness (QED) is 0.730. The van der Waals surface area contributed by atoms with Crippen molar-refractivity contribution < 1.29 is 14.0 Å².